The molecule has 4 aromatic rings. The van der Waals surface area contributed by atoms with Crippen molar-refractivity contribution in [2.75, 3.05) is 13.7 Å². The zero-order valence-electron chi connectivity index (χ0n) is 21.4. The van der Waals surface area contributed by atoms with E-state index in [9.17, 15) is 19.7 Å². The average Bonchev–Trinajstić information content (AvgIpc) is 3.52. The van der Waals surface area contributed by atoms with Gasteiger partial charge in [-0.15, -0.1) is 0 Å². The molecule has 0 radical (unpaired) electrons. The van der Waals surface area contributed by atoms with Crippen molar-refractivity contribution in [1.29, 1.82) is 0 Å². The Bertz CT molecular complexity index is 1800. The molecule has 0 N–H and O–H groups in total. The number of nitro groups is 1. The van der Waals surface area contributed by atoms with Gasteiger partial charge < -0.3 is 14.0 Å². The SMILES string of the molecule is CCOC(=O)C1=C(C)N=c2s/c(=C/c3cccn3-c3ccc([N+](=O)[O-])cc3)c(=O)n2C1c1cccc(OC)c1. The van der Waals surface area contributed by atoms with Gasteiger partial charge in [0.25, 0.3) is 11.2 Å². The third-order valence-corrected chi connectivity index (χ3v) is 7.31. The number of rotatable bonds is 7. The van der Waals surface area contributed by atoms with E-state index in [1.54, 1.807) is 57.4 Å². The topological polar surface area (TPSA) is 118 Å². The van der Waals surface area contributed by atoms with E-state index in [0.717, 1.165) is 0 Å². The molecular formula is C28H24N4O6S. The summed E-state index contributed by atoms with van der Waals surface area (Å²) in [6, 6.07) is 16.3. The summed E-state index contributed by atoms with van der Waals surface area (Å²) in [4.78, 5) is 42.6. The van der Waals surface area contributed by atoms with Crippen molar-refractivity contribution in [2.24, 2.45) is 4.99 Å². The van der Waals surface area contributed by atoms with E-state index in [1.807, 2.05) is 29.0 Å². The molecule has 1 unspecified atom stereocenters. The van der Waals surface area contributed by atoms with Gasteiger partial charge in [-0.05, 0) is 61.9 Å². The van der Waals surface area contributed by atoms with Crippen LogP contribution in [0.25, 0.3) is 11.8 Å². The van der Waals surface area contributed by atoms with Crippen molar-refractivity contribution >= 4 is 29.1 Å². The number of methoxy groups -OCH3 is 1. The van der Waals surface area contributed by atoms with Gasteiger partial charge in [0.2, 0.25) is 0 Å². The molecule has 0 bridgehead atoms. The van der Waals surface area contributed by atoms with Gasteiger partial charge >= 0.3 is 5.97 Å². The summed E-state index contributed by atoms with van der Waals surface area (Å²) >= 11 is 1.22. The molecule has 2 aromatic heterocycles. The molecule has 10 nitrogen and oxygen atoms in total. The summed E-state index contributed by atoms with van der Waals surface area (Å²) in [5.41, 5.74) is 2.55. The number of allylic oxidation sites excluding steroid dienone is 1. The first kappa shape index (κ1) is 25.9. The molecule has 2 aromatic carbocycles. The summed E-state index contributed by atoms with van der Waals surface area (Å²) in [5.74, 6) is 0.0568. The molecule has 1 aliphatic rings. The Morgan fingerprint density at radius 3 is 2.64 bits per heavy atom. The molecule has 0 aliphatic carbocycles. The highest BCUT2D eigenvalue weighted by molar-refractivity contribution is 7.07. The van der Waals surface area contributed by atoms with Crippen LogP contribution in [0.4, 0.5) is 5.69 Å². The fourth-order valence-corrected chi connectivity index (χ4v) is 5.57. The van der Waals surface area contributed by atoms with E-state index in [1.165, 1.54) is 28.0 Å². The van der Waals surface area contributed by atoms with Crippen LogP contribution in [0, 0.1) is 10.1 Å². The Morgan fingerprint density at radius 2 is 1.95 bits per heavy atom. The lowest BCUT2D eigenvalue weighted by Gasteiger charge is -2.25. The van der Waals surface area contributed by atoms with E-state index in [-0.39, 0.29) is 17.9 Å². The quantitative estimate of drug-likeness (QED) is 0.200. The molecule has 39 heavy (non-hydrogen) atoms. The van der Waals surface area contributed by atoms with Gasteiger partial charge in [0, 0.05) is 29.7 Å². The van der Waals surface area contributed by atoms with Crippen molar-refractivity contribution in [1.82, 2.24) is 9.13 Å². The summed E-state index contributed by atoms with van der Waals surface area (Å²) < 4.78 is 14.5. The first-order chi connectivity index (χ1) is 18.8. The minimum atomic E-state index is -0.751. The van der Waals surface area contributed by atoms with Crippen LogP contribution in [0.3, 0.4) is 0 Å². The molecule has 0 fully saturated rings. The Morgan fingerprint density at radius 1 is 1.18 bits per heavy atom. The lowest BCUT2D eigenvalue weighted by Crippen LogP contribution is -2.40. The number of nitro benzene ring substituents is 1. The molecule has 0 saturated heterocycles. The Balaban J connectivity index is 1.67. The van der Waals surface area contributed by atoms with Crippen molar-refractivity contribution < 1.29 is 19.2 Å². The Hall–Kier alpha value is -4.77. The van der Waals surface area contributed by atoms with Gasteiger partial charge in [0.05, 0.1) is 40.5 Å². The van der Waals surface area contributed by atoms with E-state index < -0.39 is 16.9 Å². The number of carbonyl (C=O) groups excluding carboxylic acids is 1. The summed E-state index contributed by atoms with van der Waals surface area (Å²) in [5, 5.41) is 11.0. The number of hydrogen-bond acceptors (Lipinski definition) is 8. The molecule has 1 atom stereocenters. The lowest BCUT2D eigenvalue weighted by molar-refractivity contribution is -0.384. The van der Waals surface area contributed by atoms with Crippen LogP contribution < -0.4 is 19.6 Å². The maximum absolute atomic E-state index is 13.9. The van der Waals surface area contributed by atoms with Crippen LogP contribution in [0.2, 0.25) is 0 Å². The van der Waals surface area contributed by atoms with Crippen molar-refractivity contribution in [3.05, 3.63) is 119 Å². The van der Waals surface area contributed by atoms with E-state index in [0.29, 0.717) is 43.3 Å². The number of fused-ring (bicyclic) bond motifs is 1. The largest absolute Gasteiger partial charge is 0.497 e. The summed E-state index contributed by atoms with van der Waals surface area (Å²) in [7, 11) is 1.55. The monoisotopic (exact) mass is 544 g/mol. The van der Waals surface area contributed by atoms with Crippen molar-refractivity contribution in [2.45, 2.75) is 19.9 Å². The van der Waals surface area contributed by atoms with Gasteiger partial charge in [0.15, 0.2) is 4.80 Å². The predicted molar refractivity (Wildman–Crippen MR) is 146 cm³/mol. The van der Waals surface area contributed by atoms with Gasteiger partial charge in [-0.25, -0.2) is 9.79 Å². The van der Waals surface area contributed by atoms with Crippen molar-refractivity contribution in [3.8, 4) is 11.4 Å². The minimum absolute atomic E-state index is 0.00826. The second-order valence-electron chi connectivity index (χ2n) is 8.66. The molecule has 1 aliphatic heterocycles. The Kier molecular flexibility index (Phi) is 6.99. The fraction of sp³-hybridized carbons (Fsp3) is 0.179. The maximum atomic E-state index is 13.9. The molecule has 0 saturated carbocycles. The number of benzene rings is 2. The van der Waals surface area contributed by atoms with E-state index >= 15 is 0 Å². The fourth-order valence-electron chi connectivity index (χ4n) is 4.53. The average molecular weight is 545 g/mol. The number of aromatic nitrogens is 2. The molecule has 3 heterocycles. The first-order valence-corrected chi connectivity index (χ1v) is 12.9. The first-order valence-electron chi connectivity index (χ1n) is 12.1. The number of esters is 1. The predicted octanol–water partition coefficient (Wildman–Crippen LogP) is 3.51. The molecule has 5 rings (SSSR count). The standard InChI is InChI=1S/C28H24N4O6S/c1-4-38-27(34)24-17(2)29-28-31(25(24)18-7-5-9-22(15-18)37-3)26(33)23(39-28)16-21-8-6-14-30(21)19-10-12-20(13-11-19)32(35)36/h5-16,25H,4H2,1-3H3/b23-16+. The molecular weight excluding hydrogens is 520 g/mol. The number of thiazole rings is 1. The third kappa shape index (κ3) is 4.79. The van der Waals surface area contributed by atoms with E-state index in [4.69, 9.17) is 9.47 Å². The normalized spacial score (nSPS) is 15.1. The van der Waals surface area contributed by atoms with Gasteiger partial charge in [-0.2, -0.15) is 0 Å². The zero-order chi connectivity index (χ0) is 27.7. The van der Waals surface area contributed by atoms with Crippen molar-refractivity contribution in [3.63, 3.8) is 0 Å². The second kappa shape index (κ2) is 10.5. The molecule has 198 valence electrons. The molecule has 0 spiro atoms. The van der Waals surface area contributed by atoms with E-state index in [2.05, 4.69) is 4.99 Å². The number of non-ortho nitro benzene ring substituents is 1. The van der Waals surface area contributed by atoms with Crippen LogP contribution in [0.1, 0.15) is 31.1 Å². The Labute approximate surface area is 226 Å². The lowest BCUT2D eigenvalue weighted by atomic mass is 9.95. The van der Waals surface area contributed by atoms with Gasteiger partial charge in [0.1, 0.15) is 5.75 Å². The summed E-state index contributed by atoms with van der Waals surface area (Å²) in [6.45, 7) is 3.64. The third-order valence-electron chi connectivity index (χ3n) is 6.32. The van der Waals surface area contributed by atoms with Gasteiger partial charge in [-0.1, -0.05) is 23.5 Å². The smallest absolute Gasteiger partial charge is 0.338 e. The second-order valence-corrected chi connectivity index (χ2v) is 9.66. The number of ether oxygens (including phenoxy) is 2. The van der Waals surface area contributed by atoms with Crippen LogP contribution in [0.5, 0.6) is 5.75 Å². The minimum Gasteiger partial charge on any atom is -0.497 e. The van der Waals surface area contributed by atoms with Crippen LogP contribution >= 0.6 is 11.3 Å². The van der Waals surface area contributed by atoms with Crippen LogP contribution in [0.15, 0.2) is 87.9 Å². The highest BCUT2D eigenvalue weighted by atomic mass is 32.1. The van der Waals surface area contributed by atoms with Gasteiger partial charge in [-0.3, -0.25) is 19.5 Å². The van der Waals surface area contributed by atoms with Crippen LogP contribution in [-0.4, -0.2) is 33.7 Å². The number of carbonyl (C=O) groups is 1. The highest BCUT2D eigenvalue weighted by Crippen LogP contribution is 2.32. The summed E-state index contributed by atoms with van der Waals surface area (Å²) in [6.07, 6.45) is 3.56. The molecule has 11 heteroatoms. The highest BCUT2D eigenvalue weighted by Gasteiger charge is 2.33. The molecule has 0 amide bonds. The number of nitrogens with zero attached hydrogens (tertiary/aromatic N) is 4. The zero-order valence-corrected chi connectivity index (χ0v) is 22.2. The number of hydrogen-bond donors (Lipinski definition) is 0. The maximum Gasteiger partial charge on any atom is 0.338 e. The van der Waals surface area contributed by atoms with Crippen LogP contribution in [-0.2, 0) is 9.53 Å².